The van der Waals surface area contributed by atoms with E-state index in [1.807, 2.05) is 0 Å². The lowest BCUT2D eigenvalue weighted by atomic mass is 10.1. The summed E-state index contributed by atoms with van der Waals surface area (Å²) in [5, 5.41) is 19.6. The molecule has 0 unspecified atom stereocenters. The van der Waals surface area contributed by atoms with E-state index in [4.69, 9.17) is 15.9 Å². The molecular formula is C6H12N2O4. The summed E-state index contributed by atoms with van der Waals surface area (Å²) in [4.78, 5) is 20.9. The molecule has 0 bridgehead atoms. The molecule has 0 aromatic rings. The van der Waals surface area contributed by atoms with Gasteiger partial charge in [0.25, 0.3) is 0 Å². The molecule has 0 rings (SSSR count). The molecule has 0 fully saturated rings. The van der Waals surface area contributed by atoms with E-state index in [-0.39, 0.29) is 6.54 Å². The van der Waals surface area contributed by atoms with E-state index in [1.54, 1.807) is 0 Å². The lowest BCUT2D eigenvalue weighted by Crippen LogP contribution is -2.50. The zero-order valence-electron chi connectivity index (χ0n) is 6.65. The van der Waals surface area contributed by atoms with Crippen molar-refractivity contribution < 1.29 is 19.8 Å². The first-order chi connectivity index (χ1) is 5.49. The van der Waals surface area contributed by atoms with Crippen molar-refractivity contribution in [3.63, 3.8) is 0 Å². The van der Waals surface area contributed by atoms with Crippen molar-refractivity contribution in [1.29, 1.82) is 0 Å². The zero-order chi connectivity index (χ0) is 9.72. The second-order valence-electron chi connectivity index (χ2n) is 2.32. The molecule has 6 heteroatoms. The van der Waals surface area contributed by atoms with Crippen LogP contribution in [-0.2, 0) is 9.59 Å². The number of carboxylic acid groups (broad SMARTS) is 1. The van der Waals surface area contributed by atoms with Gasteiger partial charge in [-0.05, 0) is 0 Å². The van der Waals surface area contributed by atoms with E-state index in [1.165, 1.54) is 6.92 Å². The maximum atomic E-state index is 10.5. The molecule has 12 heavy (non-hydrogen) atoms. The summed E-state index contributed by atoms with van der Waals surface area (Å²) < 4.78 is 0. The molecule has 0 aliphatic carbocycles. The number of aliphatic carboxylic acids is 1. The fraction of sp³-hybridized carbons (Fsp3) is 0.667. The highest BCUT2D eigenvalue weighted by Crippen LogP contribution is 1.91. The van der Waals surface area contributed by atoms with E-state index in [9.17, 15) is 9.59 Å². The molecule has 0 aliphatic heterocycles. The number of nitrogens with one attached hydrogen (secondary N) is 1. The van der Waals surface area contributed by atoms with Gasteiger partial charge in [0, 0.05) is 13.5 Å². The maximum absolute atomic E-state index is 10.5. The Morgan fingerprint density at radius 1 is 1.58 bits per heavy atom. The lowest BCUT2D eigenvalue weighted by molar-refractivity contribution is -0.144. The van der Waals surface area contributed by atoms with Crippen molar-refractivity contribution in [3.8, 4) is 0 Å². The molecule has 2 atom stereocenters. The number of carboxylic acids is 1. The number of hydrogen-bond donors (Lipinski definition) is 4. The summed E-state index contributed by atoms with van der Waals surface area (Å²) in [5.41, 5.74) is 5.02. The maximum Gasteiger partial charge on any atom is 0.328 e. The SMILES string of the molecule is CC(=O)N[C@H](C(=O)O)[C@@H](O)CN. The normalized spacial score (nSPS) is 14.9. The number of aliphatic hydroxyl groups excluding tert-OH is 1. The number of hydrogen-bond acceptors (Lipinski definition) is 4. The first-order valence-corrected chi connectivity index (χ1v) is 3.37. The molecule has 0 saturated heterocycles. The number of aliphatic hydroxyl groups is 1. The van der Waals surface area contributed by atoms with Gasteiger partial charge in [-0.25, -0.2) is 4.79 Å². The minimum Gasteiger partial charge on any atom is -0.480 e. The topological polar surface area (TPSA) is 113 Å². The van der Waals surface area contributed by atoms with Gasteiger partial charge in [0.1, 0.15) is 0 Å². The van der Waals surface area contributed by atoms with Crippen LogP contribution in [0.25, 0.3) is 0 Å². The molecule has 6 nitrogen and oxygen atoms in total. The number of amides is 1. The van der Waals surface area contributed by atoms with E-state index < -0.39 is 24.0 Å². The smallest absolute Gasteiger partial charge is 0.328 e. The van der Waals surface area contributed by atoms with Crippen LogP contribution in [0.2, 0.25) is 0 Å². The first-order valence-electron chi connectivity index (χ1n) is 3.37. The Labute approximate surface area is 69.4 Å². The highest BCUT2D eigenvalue weighted by Gasteiger charge is 2.25. The third-order valence-electron chi connectivity index (χ3n) is 1.25. The van der Waals surface area contributed by atoms with Crippen molar-refractivity contribution in [1.82, 2.24) is 5.32 Å². The summed E-state index contributed by atoms with van der Waals surface area (Å²) in [7, 11) is 0. The molecular weight excluding hydrogens is 164 g/mol. The van der Waals surface area contributed by atoms with Gasteiger partial charge in [0.15, 0.2) is 6.04 Å². The molecule has 0 aliphatic rings. The van der Waals surface area contributed by atoms with Crippen LogP contribution in [0, 0.1) is 0 Å². The highest BCUT2D eigenvalue weighted by molar-refractivity contribution is 5.82. The van der Waals surface area contributed by atoms with Gasteiger partial charge in [-0.1, -0.05) is 0 Å². The Morgan fingerprint density at radius 2 is 2.08 bits per heavy atom. The summed E-state index contributed by atoms with van der Waals surface area (Å²) in [6, 6.07) is -1.33. The Kier molecular flexibility index (Phi) is 4.24. The molecule has 0 spiro atoms. The fourth-order valence-corrected chi connectivity index (χ4v) is 0.678. The van der Waals surface area contributed by atoms with Crippen molar-refractivity contribution in [2.24, 2.45) is 5.73 Å². The van der Waals surface area contributed by atoms with Crippen LogP contribution in [0.5, 0.6) is 0 Å². The third-order valence-corrected chi connectivity index (χ3v) is 1.25. The summed E-state index contributed by atoms with van der Waals surface area (Å²) in [6.45, 7) is 0.955. The Balaban J connectivity index is 4.22. The molecule has 0 saturated carbocycles. The zero-order valence-corrected chi connectivity index (χ0v) is 6.65. The van der Waals surface area contributed by atoms with Crippen LogP contribution in [0.4, 0.5) is 0 Å². The van der Waals surface area contributed by atoms with E-state index >= 15 is 0 Å². The van der Waals surface area contributed by atoms with E-state index in [2.05, 4.69) is 5.32 Å². The van der Waals surface area contributed by atoms with Gasteiger partial charge in [0.2, 0.25) is 5.91 Å². The van der Waals surface area contributed by atoms with Gasteiger partial charge in [-0.3, -0.25) is 4.79 Å². The molecule has 0 aromatic heterocycles. The highest BCUT2D eigenvalue weighted by atomic mass is 16.4. The second kappa shape index (κ2) is 4.68. The van der Waals surface area contributed by atoms with Gasteiger partial charge in [0.05, 0.1) is 6.10 Å². The Morgan fingerprint density at radius 3 is 2.33 bits per heavy atom. The molecule has 0 heterocycles. The van der Waals surface area contributed by atoms with Crippen molar-refractivity contribution in [2.75, 3.05) is 6.54 Å². The summed E-state index contributed by atoms with van der Waals surface area (Å²) in [6.07, 6.45) is -1.26. The molecule has 1 amide bonds. The molecule has 0 aromatic carbocycles. The Bertz CT molecular complexity index is 182. The number of carbonyl (C=O) groups excluding carboxylic acids is 1. The van der Waals surface area contributed by atoms with Gasteiger partial charge >= 0.3 is 5.97 Å². The largest absolute Gasteiger partial charge is 0.480 e. The van der Waals surface area contributed by atoms with Crippen molar-refractivity contribution in [2.45, 2.75) is 19.1 Å². The van der Waals surface area contributed by atoms with Crippen LogP contribution in [0.1, 0.15) is 6.92 Å². The average molecular weight is 176 g/mol. The molecule has 0 radical (unpaired) electrons. The van der Waals surface area contributed by atoms with E-state index in [0.29, 0.717) is 0 Å². The van der Waals surface area contributed by atoms with Crippen molar-refractivity contribution in [3.05, 3.63) is 0 Å². The van der Waals surface area contributed by atoms with Crippen LogP contribution in [0.3, 0.4) is 0 Å². The average Bonchev–Trinajstić information content (AvgIpc) is 1.98. The van der Waals surface area contributed by atoms with Crippen molar-refractivity contribution >= 4 is 11.9 Å². The van der Waals surface area contributed by atoms with Gasteiger partial charge < -0.3 is 21.3 Å². The summed E-state index contributed by atoms with van der Waals surface area (Å²) >= 11 is 0. The van der Waals surface area contributed by atoms with Crippen LogP contribution < -0.4 is 11.1 Å². The monoisotopic (exact) mass is 176 g/mol. The van der Waals surface area contributed by atoms with Gasteiger partial charge in [-0.2, -0.15) is 0 Å². The molecule has 5 N–H and O–H groups in total. The minimum absolute atomic E-state index is 0.211. The predicted octanol–water partition coefficient (Wildman–Crippen LogP) is -2.10. The number of nitrogens with two attached hydrogens (primary N) is 1. The van der Waals surface area contributed by atoms with Crippen LogP contribution >= 0.6 is 0 Å². The minimum atomic E-state index is -1.33. The fourth-order valence-electron chi connectivity index (χ4n) is 0.678. The third kappa shape index (κ3) is 3.31. The predicted molar refractivity (Wildman–Crippen MR) is 40.3 cm³/mol. The number of rotatable bonds is 4. The lowest BCUT2D eigenvalue weighted by Gasteiger charge is -2.17. The number of carbonyl (C=O) groups is 2. The first kappa shape index (κ1) is 10.9. The quantitative estimate of drug-likeness (QED) is 0.392. The van der Waals surface area contributed by atoms with Gasteiger partial charge in [-0.15, -0.1) is 0 Å². The standard InChI is InChI=1S/C6H12N2O4/c1-3(9)8-5(6(11)12)4(10)2-7/h4-5,10H,2,7H2,1H3,(H,8,9)(H,11,12)/t4-,5-/m0/s1. The Hall–Kier alpha value is -1.14. The summed E-state index contributed by atoms with van der Waals surface area (Å²) in [5.74, 6) is -1.82. The van der Waals surface area contributed by atoms with Crippen LogP contribution in [-0.4, -0.2) is 40.8 Å². The van der Waals surface area contributed by atoms with E-state index in [0.717, 1.165) is 0 Å². The molecule has 70 valence electrons. The second-order valence-corrected chi connectivity index (χ2v) is 2.32. The van der Waals surface area contributed by atoms with Crippen LogP contribution in [0.15, 0.2) is 0 Å².